The van der Waals surface area contributed by atoms with Crippen LogP contribution >= 0.6 is 27.5 Å². The second-order valence-corrected chi connectivity index (χ2v) is 5.01. The standard InChI is InChI=1S/C12H8BrClN2O3/c1-7-4-9(2-3-10(7)13)19-12-11(14)5-8(6-15-12)16(17)18/h2-6H,1H3. The van der Waals surface area contributed by atoms with Crippen molar-refractivity contribution in [1.29, 1.82) is 0 Å². The highest BCUT2D eigenvalue weighted by Gasteiger charge is 2.12. The van der Waals surface area contributed by atoms with Gasteiger partial charge in [-0.2, -0.15) is 0 Å². The average Bonchev–Trinajstić information content (AvgIpc) is 2.36. The van der Waals surface area contributed by atoms with E-state index >= 15 is 0 Å². The summed E-state index contributed by atoms with van der Waals surface area (Å²) in [5.74, 6) is 0.693. The second kappa shape index (κ2) is 5.54. The minimum Gasteiger partial charge on any atom is -0.438 e. The lowest BCUT2D eigenvalue weighted by Gasteiger charge is -2.07. The van der Waals surface area contributed by atoms with E-state index in [1.165, 1.54) is 6.07 Å². The largest absolute Gasteiger partial charge is 0.438 e. The first kappa shape index (κ1) is 13.8. The molecule has 0 N–H and O–H groups in total. The molecule has 2 aromatic rings. The van der Waals surface area contributed by atoms with E-state index < -0.39 is 4.92 Å². The van der Waals surface area contributed by atoms with Gasteiger partial charge >= 0.3 is 0 Å². The number of hydrogen-bond acceptors (Lipinski definition) is 4. The van der Waals surface area contributed by atoms with Crippen LogP contribution in [0.25, 0.3) is 0 Å². The van der Waals surface area contributed by atoms with Crippen LogP contribution in [0.3, 0.4) is 0 Å². The van der Waals surface area contributed by atoms with Gasteiger partial charge in [0.15, 0.2) is 0 Å². The lowest BCUT2D eigenvalue weighted by Crippen LogP contribution is -1.93. The summed E-state index contributed by atoms with van der Waals surface area (Å²) in [4.78, 5) is 13.8. The first-order valence-corrected chi connectivity index (χ1v) is 6.38. The van der Waals surface area contributed by atoms with E-state index in [2.05, 4.69) is 20.9 Å². The van der Waals surface area contributed by atoms with E-state index in [1.807, 2.05) is 19.1 Å². The fourth-order valence-electron chi connectivity index (χ4n) is 1.38. The minimum absolute atomic E-state index is 0.0924. The number of pyridine rings is 1. The van der Waals surface area contributed by atoms with Crippen LogP contribution in [0, 0.1) is 17.0 Å². The zero-order valence-corrected chi connectivity index (χ0v) is 12.1. The number of nitrogens with zero attached hydrogens (tertiary/aromatic N) is 2. The molecule has 0 bridgehead atoms. The van der Waals surface area contributed by atoms with Gasteiger partial charge in [-0.25, -0.2) is 4.98 Å². The van der Waals surface area contributed by atoms with Crippen molar-refractivity contribution >= 4 is 33.2 Å². The van der Waals surface area contributed by atoms with Crippen LogP contribution in [0.2, 0.25) is 5.02 Å². The highest BCUT2D eigenvalue weighted by molar-refractivity contribution is 9.10. The molecule has 0 fully saturated rings. The SMILES string of the molecule is Cc1cc(Oc2ncc([N+](=O)[O-])cc2Cl)ccc1Br. The van der Waals surface area contributed by atoms with Crippen LogP contribution in [0.15, 0.2) is 34.9 Å². The summed E-state index contributed by atoms with van der Waals surface area (Å²) in [6.45, 7) is 1.92. The molecular weight excluding hydrogens is 335 g/mol. The van der Waals surface area contributed by atoms with Gasteiger partial charge in [-0.3, -0.25) is 10.1 Å². The maximum atomic E-state index is 10.6. The quantitative estimate of drug-likeness (QED) is 0.607. The molecule has 98 valence electrons. The summed E-state index contributed by atoms with van der Waals surface area (Å²) in [6, 6.07) is 6.60. The number of aryl methyl sites for hydroxylation is 1. The summed E-state index contributed by atoms with van der Waals surface area (Å²) in [5, 5.41) is 10.7. The Morgan fingerprint density at radius 3 is 2.74 bits per heavy atom. The molecule has 1 aromatic heterocycles. The smallest absolute Gasteiger partial charge is 0.289 e. The molecule has 0 saturated carbocycles. The molecule has 0 amide bonds. The van der Waals surface area contributed by atoms with Gasteiger partial charge in [0.05, 0.1) is 4.92 Å². The van der Waals surface area contributed by atoms with Gasteiger partial charge in [0.1, 0.15) is 17.0 Å². The monoisotopic (exact) mass is 342 g/mol. The van der Waals surface area contributed by atoms with E-state index in [4.69, 9.17) is 16.3 Å². The van der Waals surface area contributed by atoms with Gasteiger partial charge in [0.2, 0.25) is 5.88 Å². The Morgan fingerprint density at radius 1 is 1.42 bits per heavy atom. The van der Waals surface area contributed by atoms with Crippen molar-refractivity contribution in [2.75, 3.05) is 0 Å². The summed E-state index contributed by atoms with van der Waals surface area (Å²) < 4.78 is 6.45. The zero-order valence-electron chi connectivity index (χ0n) is 9.76. The first-order chi connectivity index (χ1) is 8.97. The molecule has 2 rings (SSSR count). The summed E-state index contributed by atoms with van der Waals surface area (Å²) in [6.07, 6.45) is 1.10. The maximum absolute atomic E-state index is 10.6. The zero-order chi connectivity index (χ0) is 14.0. The van der Waals surface area contributed by atoms with Gasteiger partial charge in [0.25, 0.3) is 5.69 Å². The molecule has 5 nitrogen and oxygen atoms in total. The lowest BCUT2D eigenvalue weighted by atomic mass is 10.2. The number of hydrogen-bond donors (Lipinski definition) is 0. The average molecular weight is 344 g/mol. The molecule has 0 aliphatic carbocycles. The van der Waals surface area contributed by atoms with Crippen molar-refractivity contribution in [3.63, 3.8) is 0 Å². The van der Waals surface area contributed by atoms with Crippen LogP contribution in [0.1, 0.15) is 5.56 Å². The van der Waals surface area contributed by atoms with E-state index in [-0.39, 0.29) is 16.6 Å². The molecule has 0 aliphatic rings. The van der Waals surface area contributed by atoms with Crippen molar-refractivity contribution in [3.05, 3.63) is 55.6 Å². The first-order valence-electron chi connectivity index (χ1n) is 5.21. The molecule has 19 heavy (non-hydrogen) atoms. The Hall–Kier alpha value is -1.66. The Labute approximate surface area is 122 Å². The topological polar surface area (TPSA) is 65.3 Å². The fraction of sp³-hybridized carbons (Fsp3) is 0.0833. The highest BCUT2D eigenvalue weighted by atomic mass is 79.9. The van der Waals surface area contributed by atoms with Gasteiger partial charge in [0, 0.05) is 10.5 Å². The van der Waals surface area contributed by atoms with Crippen LogP contribution < -0.4 is 4.74 Å². The molecule has 1 aromatic carbocycles. The van der Waals surface area contributed by atoms with Crippen LogP contribution in [-0.2, 0) is 0 Å². The van der Waals surface area contributed by atoms with Crippen molar-refractivity contribution in [2.45, 2.75) is 6.92 Å². The number of halogens is 2. The van der Waals surface area contributed by atoms with E-state index in [0.717, 1.165) is 16.2 Å². The van der Waals surface area contributed by atoms with Crippen molar-refractivity contribution in [1.82, 2.24) is 4.98 Å². The third-order valence-corrected chi connectivity index (χ3v) is 3.51. The predicted molar refractivity (Wildman–Crippen MR) is 74.9 cm³/mol. The lowest BCUT2D eigenvalue weighted by molar-refractivity contribution is -0.385. The Bertz CT molecular complexity index is 649. The fourth-order valence-corrected chi connectivity index (χ4v) is 1.83. The summed E-state index contributed by atoms with van der Waals surface area (Å²) >= 11 is 9.28. The van der Waals surface area contributed by atoms with Gasteiger partial charge in [-0.1, -0.05) is 27.5 Å². The Balaban J connectivity index is 2.28. The molecule has 1 heterocycles. The predicted octanol–water partition coefficient (Wildman–Crippen LogP) is 4.51. The van der Waals surface area contributed by atoms with Gasteiger partial charge in [-0.15, -0.1) is 0 Å². The molecule has 0 spiro atoms. The molecular formula is C12H8BrClN2O3. The van der Waals surface area contributed by atoms with Gasteiger partial charge < -0.3 is 4.74 Å². The number of ether oxygens (including phenoxy) is 1. The number of aromatic nitrogens is 1. The Morgan fingerprint density at radius 2 is 2.16 bits per heavy atom. The molecule has 7 heteroatoms. The molecule has 0 unspecified atom stereocenters. The van der Waals surface area contributed by atoms with Crippen molar-refractivity contribution in [3.8, 4) is 11.6 Å². The molecule has 0 aliphatic heterocycles. The van der Waals surface area contributed by atoms with E-state index in [9.17, 15) is 10.1 Å². The van der Waals surface area contributed by atoms with Crippen molar-refractivity contribution in [2.24, 2.45) is 0 Å². The normalized spacial score (nSPS) is 10.3. The molecule has 0 radical (unpaired) electrons. The van der Waals surface area contributed by atoms with Crippen LogP contribution in [0.4, 0.5) is 5.69 Å². The minimum atomic E-state index is -0.563. The van der Waals surface area contributed by atoms with E-state index in [0.29, 0.717) is 5.75 Å². The van der Waals surface area contributed by atoms with Crippen molar-refractivity contribution < 1.29 is 9.66 Å². The van der Waals surface area contributed by atoms with Gasteiger partial charge in [-0.05, 0) is 30.7 Å². The summed E-state index contributed by atoms with van der Waals surface area (Å²) in [5.41, 5.74) is 0.819. The van der Waals surface area contributed by atoms with E-state index in [1.54, 1.807) is 6.07 Å². The summed E-state index contributed by atoms with van der Waals surface area (Å²) in [7, 11) is 0. The van der Waals surface area contributed by atoms with Crippen LogP contribution in [-0.4, -0.2) is 9.91 Å². The number of benzene rings is 1. The highest BCUT2D eigenvalue weighted by Crippen LogP contribution is 2.31. The third kappa shape index (κ3) is 3.21. The second-order valence-electron chi connectivity index (χ2n) is 3.75. The number of nitro groups is 1. The van der Waals surface area contributed by atoms with Crippen LogP contribution in [0.5, 0.6) is 11.6 Å². The Kier molecular flexibility index (Phi) is 4.01. The number of rotatable bonds is 3. The maximum Gasteiger partial charge on any atom is 0.289 e. The third-order valence-electron chi connectivity index (χ3n) is 2.35. The molecule has 0 atom stereocenters. The molecule has 0 saturated heterocycles.